The summed E-state index contributed by atoms with van der Waals surface area (Å²) in [5.74, 6) is -0.359. The van der Waals surface area contributed by atoms with Crippen LogP contribution in [0.2, 0.25) is 0 Å². The highest BCUT2D eigenvalue weighted by molar-refractivity contribution is 7.94. The smallest absolute Gasteiger partial charge is 0.262 e. The van der Waals surface area contributed by atoms with Gasteiger partial charge in [-0.3, -0.25) is 14.3 Å². The van der Waals surface area contributed by atoms with E-state index in [1.807, 2.05) is 6.07 Å². The molecule has 2 aromatic carbocycles. The summed E-state index contributed by atoms with van der Waals surface area (Å²) in [6.45, 7) is 1.64. The second-order valence-electron chi connectivity index (χ2n) is 9.33. The van der Waals surface area contributed by atoms with Crippen molar-refractivity contribution in [2.75, 3.05) is 30.9 Å². The van der Waals surface area contributed by atoms with Gasteiger partial charge in [-0.25, -0.2) is 8.42 Å². The summed E-state index contributed by atoms with van der Waals surface area (Å²) >= 11 is 0. The summed E-state index contributed by atoms with van der Waals surface area (Å²) in [7, 11) is -3.87. The van der Waals surface area contributed by atoms with Crippen molar-refractivity contribution in [2.45, 2.75) is 36.2 Å². The van der Waals surface area contributed by atoms with Crippen LogP contribution in [0.4, 0.5) is 5.69 Å². The highest BCUT2D eigenvalue weighted by Crippen LogP contribution is 2.41. The molecule has 2 saturated carbocycles. The molecule has 3 aliphatic rings. The number of anilines is 1. The van der Waals surface area contributed by atoms with Crippen molar-refractivity contribution in [1.82, 2.24) is 9.80 Å². The maximum Gasteiger partial charge on any atom is 0.262 e. The van der Waals surface area contributed by atoms with Gasteiger partial charge in [0.1, 0.15) is 5.60 Å². The topological polar surface area (TPSA) is 127 Å². The molecule has 0 unspecified atom stereocenters. The fraction of sp³-hybridized carbons (Fsp3) is 0.417. The predicted molar refractivity (Wildman–Crippen MR) is 125 cm³/mol. The van der Waals surface area contributed by atoms with E-state index in [1.54, 1.807) is 52.3 Å². The SMILES string of the molecule is O=C(c1ccc(-c2cccc(NS(=O)(=O)C3(O)CC3)c2)cc1)N1CCN(C(=O)C2(O)CC2)CC1. The van der Waals surface area contributed by atoms with Gasteiger partial charge in [0.25, 0.3) is 21.8 Å². The monoisotopic (exact) mass is 485 g/mol. The summed E-state index contributed by atoms with van der Waals surface area (Å²) in [6, 6.07) is 13.9. The molecule has 0 radical (unpaired) electrons. The second kappa shape index (κ2) is 8.07. The van der Waals surface area contributed by atoms with Crippen molar-refractivity contribution in [1.29, 1.82) is 0 Å². The minimum absolute atomic E-state index is 0.122. The Balaban J connectivity index is 1.23. The lowest BCUT2D eigenvalue weighted by molar-refractivity contribution is -0.143. The Kier molecular flexibility index (Phi) is 5.42. The number of nitrogens with zero attached hydrogens (tertiary/aromatic N) is 2. The Bertz CT molecular complexity index is 1230. The zero-order valence-corrected chi connectivity index (χ0v) is 19.4. The van der Waals surface area contributed by atoms with Crippen molar-refractivity contribution in [3.63, 3.8) is 0 Å². The first-order valence-electron chi connectivity index (χ1n) is 11.4. The summed E-state index contributed by atoms with van der Waals surface area (Å²) in [5.41, 5.74) is 1.29. The molecule has 5 rings (SSSR count). The Morgan fingerprint density at radius 2 is 1.44 bits per heavy atom. The van der Waals surface area contributed by atoms with Crippen molar-refractivity contribution in [3.8, 4) is 11.1 Å². The molecule has 2 aliphatic carbocycles. The van der Waals surface area contributed by atoms with Crippen LogP contribution in [0, 0.1) is 0 Å². The molecule has 1 saturated heterocycles. The molecule has 0 aromatic heterocycles. The van der Waals surface area contributed by atoms with Crippen molar-refractivity contribution >= 4 is 27.5 Å². The van der Waals surface area contributed by atoms with Gasteiger partial charge in [-0.2, -0.15) is 0 Å². The standard InChI is InChI=1S/C24H27N3O6S/c28-21(26-12-14-27(15-13-26)22(29)23(30)8-9-23)18-6-4-17(5-7-18)19-2-1-3-20(16-19)25-34(32,33)24(31)10-11-24/h1-7,16,25,30-31H,8-15H2. The predicted octanol–water partition coefficient (Wildman–Crippen LogP) is 1.39. The van der Waals surface area contributed by atoms with E-state index in [9.17, 15) is 28.2 Å². The van der Waals surface area contributed by atoms with E-state index >= 15 is 0 Å². The Labute approximate surface area is 198 Å². The van der Waals surface area contributed by atoms with E-state index in [0.29, 0.717) is 50.3 Å². The van der Waals surface area contributed by atoms with Gasteiger partial charge in [0.05, 0.1) is 0 Å². The first kappa shape index (κ1) is 22.8. The number of nitrogens with one attached hydrogen (secondary N) is 1. The van der Waals surface area contributed by atoms with Crippen molar-refractivity contribution in [2.24, 2.45) is 0 Å². The number of hydrogen-bond acceptors (Lipinski definition) is 6. The summed E-state index contributed by atoms with van der Waals surface area (Å²) < 4.78 is 27.0. The maximum atomic E-state index is 12.9. The number of carbonyl (C=O) groups is 2. The molecule has 0 atom stereocenters. The van der Waals surface area contributed by atoms with Crippen LogP contribution in [0.15, 0.2) is 48.5 Å². The molecule has 0 bridgehead atoms. The van der Waals surface area contributed by atoms with Crippen molar-refractivity contribution < 1.29 is 28.2 Å². The molecular formula is C24H27N3O6S. The third-order valence-electron chi connectivity index (χ3n) is 6.73. The number of piperazine rings is 1. The molecule has 1 aliphatic heterocycles. The van der Waals surface area contributed by atoms with Crippen molar-refractivity contribution in [3.05, 3.63) is 54.1 Å². The zero-order chi connectivity index (χ0) is 24.1. The van der Waals surface area contributed by atoms with E-state index in [2.05, 4.69) is 4.72 Å². The van der Waals surface area contributed by atoms with E-state index in [4.69, 9.17) is 0 Å². The minimum Gasteiger partial charge on any atom is -0.380 e. The van der Waals surface area contributed by atoms with Gasteiger partial charge < -0.3 is 20.0 Å². The molecule has 34 heavy (non-hydrogen) atoms. The number of benzene rings is 2. The van der Waals surface area contributed by atoms with Crippen LogP contribution in [0.5, 0.6) is 0 Å². The maximum absolute atomic E-state index is 12.9. The molecule has 180 valence electrons. The van der Waals surface area contributed by atoms with Crippen LogP contribution in [-0.2, 0) is 14.8 Å². The van der Waals surface area contributed by atoms with Gasteiger partial charge in [-0.1, -0.05) is 24.3 Å². The number of sulfonamides is 1. The van der Waals surface area contributed by atoms with Gasteiger partial charge in [0, 0.05) is 37.4 Å². The fourth-order valence-electron chi connectivity index (χ4n) is 4.12. The molecule has 2 aromatic rings. The fourth-order valence-corrected chi connectivity index (χ4v) is 5.38. The summed E-state index contributed by atoms with van der Waals surface area (Å²) in [4.78, 5) is 26.8. The summed E-state index contributed by atoms with van der Waals surface area (Å²) in [6.07, 6.45) is 1.47. The van der Waals surface area contributed by atoms with Crippen LogP contribution in [0.1, 0.15) is 36.0 Å². The van der Waals surface area contributed by atoms with Gasteiger partial charge in [-0.15, -0.1) is 0 Å². The first-order valence-corrected chi connectivity index (χ1v) is 12.8. The molecule has 3 N–H and O–H groups in total. The number of aliphatic hydroxyl groups is 2. The Morgan fingerprint density at radius 3 is 2.03 bits per heavy atom. The highest BCUT2D eigenvalue weighted by atomic mass is 32.2. The lowest BCUT2D eigenvalue weighted by Crippen LogP contribution is -2.53. The molecule has 10 heteroatoms. The van der Waals surface area contributed by atoms with E-state index < -0.39 is 20.6 Å². The number of rotatable bonds is 6. The third-order valence-corrected chi connectivity index (χ3v) is 8.65. The third kappa shape index (κ3) is 4.28. The van der Waals surface area contributed by atoms with Crippen LogP contribution < -0.4 is 4.72 Å². The van der Waals surface area contributed by atoms with Gasteiger partial charge in [0.2, 0.25) is 0 Å². The molecular weight excluding hydrogens is 458 g/mol. The van der Waals surface area contributed by atoms with Crippen LogP contribution in [0.3, 0.4) is 0 Å². The van der Waals surface area contributed by atoms with Crippen LogP contribution >= 0.6 is 0 Å². The Morgan fingerprint density at radius 1 is 0.824 bits per heavy atom. The number of carbonyl (C=O) groups excluding carboxylic acids is 2. The molecule has 1 heterocycles. The minimum atomic E-state index is -3.87. The van der Waals surface area contributed by atoms with E-state index in [0.717, 1.165) is 11.1 Å². The van der Waals surface area contributed by atoms with Gasteiger partial charge >= 0.3 is 0 Å². The van der Waals surface area contributed by atoms with Crippen LogP contribution in [-0.4, -0.2) is 77.0 Å². The normalized spacial score (nSPS) is 20.5. The average molecular weight is 486 g/mol. The lowest BCUT2D eigenvalue weighted by atomic mass is 10.0. The molecule has 2 amide bonds. The highest BCUT2D eigenvalue weighted by Gasteiger charge is 2.53. The first-order chi connectivity index (χ1) is 16.1. The quantitative estimate of drug-likeness (QED) is 0.568. The van der Waals surface area contributed by atoms with Gasteiger partial charge in [0.15, 0.2) is 4.93 Å². The number of amides is 2. The lowest BCUT2D eigenvalue weighted by Gasteiger charge is -2.35. The van der Waals surface area contributed by atoms with E-state index in [1.165, 1.54) is 0 Å². The Hall–Kier alpha value is -2.95. The molecule has 0 spiro atoms. The zero-order valence-electron chi connectivity index (χ0n) is 18.6. The van der Waals surface area contributed by atoms with Gasteiger partial charge in [-0.05, 0) is 61.1 Å². The van der Waals surface area contributed by atoms with Crippen LogP contribution in [0.25, 0.3) is 11.1 Å². The van der Waals surface area contributed by atoms with E-state index in [-0.39, 0.29) is 24.7 Å². The molecule has 3 fully saturated rings. The summed E-state index contributed by atoms with van der Waals surface area (Å²) in [5, 5.41) is 20.0. The second-order valence-corrected chi connectivity index (χ2v) is 11.3. The molecule has 9 nitrogen and oxygen atoms in total. The number of hydrogen-bond donors (Lipinski definition) is 3. The largest absolute Gasteiger partial charge is 0.380 e. The average Bonchev–Trinajstić information content (AvgIpc) is 3.77.